The summed E-state index contributed by atoms with van der Waals surface area (Å²) in [4.78, 5) is 9.64. The van der Waals surface area contributed by atoms with Gasteiger partial charge in [0.2, 0.25) is 0 Å². The zero-order valence-electron chi connectivity index (χ0n) is 12.3. The summed E-state index contributed by atoms with van der Waals surface area (Å²) in [6, 6.07) is 0. The molecule has 0 aliphatic heterocycles. The highest BCUT2D eigenvalue weighted by Crippen LogP contribution is 2.53. The molecule has 0 aliphatic carbocycles. The number of unbranched alkanes of at least 4 members (excludes halogenated alkanes) is 3. The van der Waals surface area contributed by atoms with E-state index in [4.69, 9.17) is 17.9 Å². The molecule has 5 nitrogen and oxygen atoms in total. The van der Waals surface area contributed by atoms with E-state index in [0.29, 0.717) is 19.8 Å². The average Bonchev–Trinajstić information content (AvgIpc) is 2.39. The van der Waals surface area contributed by atoms with Crippen molar-refractivity contribution in [2.75, 3.05) is 19.8 Å². The quantitative estimate of drug-likeness (QED) is 0.365. The molecule has 0 spiro atoms. The van der Waals surface area contributed by atoms with Crippen molar-refractivity contribution in [3.8, 4) is 0 Å². The highest BCUT2D eigenvalue weighted by Gasteiger charge is 2.19. The molecule has 0 amide bonds. The van der Waals surface area contributed by atoms with E-state index in [0.717, 1.165) is 38.5 Å². The van der Waals surface area contributed by atoms with Crippen molar-refractivity contribution in [2.45, 2.75) is 59.3 Å². The molecule has 19 heavy (non-hydrogen) atoms. The maximum absolute atomic E-state index is 9.64. The van der Waals surface area contributed by atoms with Crippen LogP contribution in [0.2, 0.25) is 0 Å². The van der Waals surface area contributed by atoms with E-state index in [1.54, 1.807) is 0 Å². The Morgan fingerprint density at radius 1 is 0.737 bits per heavy atom. The lowest BCUT2D eigenvalue weighted by Crippen LogP contribution is -1.98. The summed E-state index contributed by atoms with van der Waals surface area (Å²) >= 11 is 0. The van der Waals surface area contributed by atoms with Gasteiger partial charge < -0.3 is 18.5 Å². The molecule has 0 radical (unpaired) electrons. The van der Waals surface area contributed by atoms with E-state index in [2.05, 4.69) is 20.8 Å². The maximum Gasteiger partial charge on any atom is 0.339 e. The van der Waals surface area contributed by atoms with Crippen LogP contribution in [0.3, 0.4) is 0 Å². The van der Waals surface area contributed by atoms with Crippen LogP contribution in [0.25, 0.3) is 0 Å². The van der Waals surface area contributed by atoms with Crippen molar-refractivity contribution in [3.05, 3.63) is 0 Å². The first kappa shape index (κ1) is 19.7. The van der Waals surface area contributed by atoms with Crippen LogP contribution in [0, 0.1) is 0 Å². The fourth-order valence-electron chi connectivity index (χ4n) is 1.02. The molecule has 1 unspecified atom stereocenters. The molecule has 1 atom stereocenters. The highest BCUT2D eigenvalue weighted by atomic mass is 31.2. The summed E-state index contributed by atoms with van der Waals surface area (Å²) in [5.41, 5.74) is 0. The van der Waals surface area contributed by atoms with Gasteiger partial charge in [0.25, 0.3) is 0 Å². The third-order valence-corrected chi connectivity index (χ3v) is 4.51. The fourth-order valence-corrected chi connectivity index (χ4v) is 2.96. The molecule has 7 heteroatoms. The lowest BCUT2D eigenvalue weighted by atomic mass is 10.4. The second kappa shape index (κ2) is 15.1. The Labute approximate surface area is 120 Å². The predicted octanol–water partition coefficient (Wildman–Crippen LogP) is 4.90. The monoisotopic (exact) mass is 314 g/mol. The first-order valence-electron chi connectivity index (χ1n) is 7.10. The molecule has 0 heterocycles. The van der Waals surface area contributed by atoms with Crippen LogP contribution in [0.1, 0.15) is 59.3 Å². The molecule has 116 valence electrons. The number of hydrogen-bond donors (Lipinski definition) is 1. The van der Waals surface area contributed by atoms with E-state index in [9.17, 15) is 4.89 Å². The summed E-state index contributed by atoms with van der Waals surface area (Å²) < 4.78 is 21.5. The van der Waals surface area contributed by atoms with Crippen molar-refractivity contribution >= 4 is 17.2 Å². The second-order valence-corrected chi connectivity index (χ2v) is 6.45. The molecule has 0 fully saturated rings. The molecular weight excluding hydrogens is 286 g/mol. The average molecular weight is 314 g/mol. The van der Waals surface area contributed by atoms with Crippen molar-refractivity contribution in [2.24, 2.45) is 0 Å². The summed E-state index contributed by atoms with van der Waals surface area (Å²) in [6.07, 6.45) is 5.96. The summed E-state index contributed by atoms with van der Waals surface area (Å²) in [5, 5.41) is 0. The largest absolute Gasteiger partial charge is 0.339 e. The third kappa shape index (κ3) is 13.4. The Bertz CT molecular complexity index is 176. The zero-order valence-corrected chi connectivity index (χ0v) is 14.1. The maximum atomic E-state index is 9.64. The lowest BCUT2D eigenvalue weighted by Gasteiger charge is -2.18. The van der Waals surface area contributed by atoms with Crippen LogP contribution in [-0.4, -0.2) is 24.7 Å². The van der Waals surface area contributed by atoms with E-state index < -0.39 is 17.2 Å². The molecule has 0 saturated heterocycles. The smallest absolute Gasteiger partial charge is 0.328 e. The van der Waals surface area contributed by atoms with Crippen molar-refractivity contribution in [3.63, 3.8) is 0 Å². The van der Waals surface area contributed by atoms with Gasteiger partial charge in [-0.2, -0.15) is 0 Å². The van der Waals surface area contributed by atoms with Gasteiger partial charge in [0.15, 0.2) is 0 Å². The van der Waals surface area contributed by atoms with E-state index >= 15 is 0 Å². The highest BCUT2D eigenvalue weighted by molar-refractivity contribution is 7.55. The molecule has 0 rings (SSSR count). The van der Waals surface area contributed by atoms with Gasteiger partial charge in [-0.25, -0.2) is 4.31 Å². The predicted molar refractivity (Wildman–Crippen MR) is 79.7 cm³/mol. The van der Waals surface area contributed by atoms with Gasteiger partial charge >= 0.3 is 17.2 Å². The zero-order chi connectivity index (χ0) is 14.3. The van der Waals surface area contributed by atoms with E-state index in [1.165, 1.54) is 0 Å². The molecule has 0 aromatic heterocycles. The van der Waals surface area contributed by atoms with Gasteiger partial charge in [0.1, 0.15) is 0 Å². The minimum absolute atomic E-state index is 0.506. The van der Waals surface area contributed by atoms with Crippen LogP contribution in [-0.2, 0) is 17.9 Å². The molecule has 0 aromatic rings. The Morgan fingerprint density at radius 3 is 1.58 bits per heavy atom. The molecule has 0 aliphatic rings. The Hall–Kier alpha value is 0.660. The molecular formula is C12H28O5P2. The van der Waals surface area contributed by atoms with E-state index in [1.807, 2.05) is 0 Å². The normalized spacial score (nSPS) is 13.1. The van der Waals surface area contributed by atoms with Crippen LogP contribution in [0.4, 0.5) is 0 Å². The summed E-state index contributed by atoms with van der Waals surface area (Å²) in [6.45, 7) is 7.94. The van der Waals surface area contributed by atoms with Crippen molar-refractivity contribution in [1.82, 2.24) is 0 Å². The minimum Gasteiger partial charge on any atom is -0.328 e. The first-order valence-corrected chi connectivity index (χ1v) is 9.33. The number of rotatable bonds is 14. The van der Waals surface area contributed by atoms with Gasteiger partial charge in [-0.1, -0.05) is 40.0 Å². The SMILES string of the molecule is CCCCOP(O)OP(OCCCC)OCCCC. The first-order chi connectivity index (χ1) is 9.24. The van der Waals surface area contributed by atoms with E-state index in [-0.39, 0.29) is 0 Å². The Balaban J connectivity index is 3.86. The van der Waals surface area contributed by atoms with Gasteiger partial charge in [0.05, 0.1) is 19.8 Å². The van der Waals surface area contributed by atoms with Gasteiger partial charge in [-0.05, 0) is 19.3 Å². The third-order valence-electron chi connectivity index (χ3n) is 2.23. The van der Waals surface area contributed by atoms with Gasteiger partial charge in [0, 0.05) is 0 Å². The summed E-state index contributed by atoms with van der Waals surface area (Å²) in [5.74, 6) is 0. The molecule has 0 bridgehead atoms. The van der Waals surface area contributed by atoms with Crippen LogP contribution >= 0.6 is 17.2 Å². The second-order valence-electron chi connectivity index (χ2n) is 4.10. The van der Waals surface area contributed by atoms with Gasteiger partial charge in [-0.15, -0.1) is 0 Å². The fraction of sp³-hybridized carbons (Fsp3) is 1.00. The molecule has 1 N–H and O–H groups in total. The van der Waals surface area contributed by atoms with Crippen molar-refractivity contribution < 1.29 is 22.8 Å². The lowest BCUT2D eigenvalue weighted by molar-refractivity contribution is 0.182. The Morgan fingerprint density at radius 2 is 1.16 bits per heavy atom. The molecule has 0 aromatic carbocycles. The van der Waals surface area contributed by atoms with Crippen LogP contribution < -0.4 is 0 Å². The van der Waals surface area contributed by atoms with Crippen LogP contribution in [0.5, 0.6) is 0 Å². The van der Waals surface area contributed by atoms with Gasteiger partial charge in [-0.3, -0.25) is 0 Å². The van der Waals surface area contributed by atoms with Crippen LogP contribution in [0.15, 0.2) is 0 Å². The number of hydrogen-bond acceptors (Lipinski definition) is 5. The topological polar surface area (TPSA) is 57.2 Å². The van der Waals surface area contributed by atoms with Crippen molar-refractivity contribution in [1.29, 1.82) is 0 Å². The Kier molecular flexibility index (Phi) is 15.6. The summed E-state index contributed by atoms with van der Waals surface area (Å²) in [7, 11) is -3.38. The minimum atomic E-state index is -1.89. The standard InChI is InChI=1S/C12H28O5P2/c1-4-7-10-14-18(13)17-19(15-11-8-5-2)16-12-9-6-3/h13H,4-12H2,1-3H3. The molecule has 0 saturated carbocycles.